The van der Waals surface area contributed by atoms with Crippen molar-refractivity contribution in [2.45, 2.75) is 32.0 Å². The molecule has 5 heteroatoms. The Hall–Kier alpha value is -1.23. The summed E-state index contributed by atoms with van der Waals surface area (Å²) in [6.07, 6.45) is -5.36. The standard InChI is InChI=1S/C11H13F3O2/c1-3-10(16,11(12,13)14)8-6-7(2)4-5-9(8)15/h4-6,15-16H,3H2,1-2H3. The number of rotatable bonds is 2. The molecule has 1 aromatic carbocycles. The Labute approximate surface area is 91.3 Å². The smallest absolute Gasteiger partial charge is 0.421 e. The number of aromatic hydroxyl groups is 1. The molecule has 0 aromatic heterocycles. The SMILES string of the molecule is CCC(O)(c1cc(C)ccc1O)C(F)(F)F. The quantitative estimate of drug-likeness (QED) is 0.826. The normalized spacial score (nSPS) is 15.9. The first-order chi connectivity index (χ1) is 7.22. The summed E-state index contributed by atoms with van der Waals surface area (Å²) >= 11 is 0. The van der Waals surface area contributed by atoms with Gasteiger partial charge in [0.15, 0.2) is 5.60 Å². The van der Waals surface area contributed by atoms with Gasteiger partial charge >= 0.3 is 6.18 Å². The number of aryl methyl sites for hydroxylation is 1. The summed E-state index contributed by atoms with van der Waals surface area (Å²) in [5, 5.41) is 19.1. The minimum atomic E-state index is -4.81. The fourth-order valence-corrected chi connectivity index (χ4v) is 1.52. The van der Waals surface area contributed by atoms with Crippen LogP contribution in [-0.4, -0.2) is 16.4 Å². The molecule has 0 aliphatic carbocycles. The van der Waals surface area contributed by atoms with E-state index in [4.69, 9.17) is 0 Å². The van der Waals surface area contributed by atoms with E-state index in [2.05, 4.69) is 0 Å². The van der Waals surface area contributed by atoms with Gasteiger partial charge in [-0.05, 0) is 25.5 Å². The molecule has 0 saturated heterocycles. The van der Waals surface area contributed by atoms with Crippen molar-refractivity contribution in [3.63, 3.8) is 0 Å². The second-order valence-electron chi connectivity index (χ2n) is 3.73. The molecule has 0 radical (unpaired) electrons. The van der Waals surface area contributed by atoms with E-state index in [1.165, 1.54) is 13.0 Å². The van der Waals surface area contributed by atoms with Crippen LogP contribution in [0.2, 0.25) is 0 Å². The number of hydrogen-bond donors (Lipinski definition) is 2. The zero-order valence-corrected chi connectivity index (χ0v) is 8.97. The second kappa shape index (κ2) is 3.97. The van der Waals surface area contributed by atoms with Gasteiger partial charge in [-0.3, -0.25) is 0 Å². The molecule has 16 heavy (non-hydrogen) atoms. The van der Waals surface area contributed by atoms with Crippen LogP contribution < -0.4 is 0 Å². The third-order valence-corrected chi connectivity index (χ3v) is 2.58. The van der Waals surface area contributed by atoms with Crippen LogP contribution in [0.4, 0.5) is 13.2 Å². The first-order valence-corrected chi connectivity index (χ1v) is 4.81. The summed E-state index contributed by atoms with van der Waals surface area (Å²) in [5.41, 5.74) is -2.95. The Kier molecular flexibility index (Phi) is 3.19. The molecule has 1 unspecified atom stereocenters. The van der Waals surface area contributed by atoms with Gasteiger partial charge in [-0.1, -0.05) is 18.6 Å². The lowest BCUT2D eigenvalue weighted by atomic mass is 9.88. The number of phenolic OH excluding ortho intramolecular Hbond substituents is 1. The van der Waals surface area contributed by atoms with E-state index in [0.717, 1.165) is 12.1 Å². The molecular formula is C11H13F3O2. The van der Waals surface area contributed by atoms with Crippen molar-refractivity contribution in [3.8, 4) is 5.75 Å². The molecule has 0 spiro atoms. The molecular weight excluding hydrogens is 221 g/mol. The minimum Gasteiger partial charge on any atom is -0.508 e. The highest BCUT2D eigenvalue weighted by Crippen LogP contribution is 2.44. The van der Waals surface area contributed by atoms with Crippen LogP contribution in [0.3, 0.4) is 0 Å². The second-order valence-corrected chi connectivity index (χ2v) is 3.73. The third-order valence-electron chi connectivity index (χ3n) is 2.58. The molecule has 1 rings (SSSR count). The highest BCUT2D eigenvalue weighted by Gasteiger charge is 2.54. The molecule has 1 atom stereocenters. The maximum Gasteiger partial charge on any atom is 0.421 e. The number of benzene rings is 1. The van der Waals surface area contributed by atoms with Gasteiger partial charge in [-0.25, -0.2) is 0 Å². The molecule has 1 aromatic rings. The van der Waals surface area contributed by atoms with Crippen LogP contribution in [0.1, 0.15) is 24.5 Å². The van der Waals surface area contributed by atoms with E-state index in [1.54, 1.807) is 6.92 Å². The summed E-state index contributed by atoms with van der Waals surface area (Å²) < 4.78 is 38.2. The number of hydrogen-bond acceptors (Lipinski definition) is 2. The van der Waals surface area contributed by atoms with E-state index in [9.17, 15) is 23.4 Å². The van der Waals surface area contributed by atoms with E-state index < -0.39 is 29.5 Å². The maximum atomic E-state index is 12.7. The van der Waals surface area contributed by atoms with Gasteiger partial charge in [-0.15, -0.1) is 0 Å². The van der Waals surface area contributed by atoms with Gasteiger partial charge in [0.2, 0.25) is 0 Å². The highest BCUT2D eigenvalue weighted by atomic mass is 19.4. The number of alkyl halides is 3. The molecule has 0 bridgehead atoms. The average Bonchev–Trinajstić information content (AvgIpc) is 2.19. The van der Waals surface area contributed by atoms with Crippen LogP contribution in [0, 0.1) is 6.92 Å². The summed E-state index contributed by atoms with van der Waals surface area (Å²) in [6.45, 7) is 2.81. The average molecular weight is 234 g/mol. The van der Waals surface area contributed by atoms with E-state index in [1.807, 2.05) is 0 Å². The summed E-state index contributed by atoms with van der Waals surface area (Å²) in [6, 6.07) is 3.77. The van der Waals surface area contributed by atoms with Crippen molar-refractivity contribution in [3.05, 3.63) is 29.3 Å². The molecule has 2 N–H and O–H groups in total. The lowest BCUT2D eigenvalue weighted by Gasteiger charge is -2.30. The highest BCUT2D eigenvalue weighted by molar-refractivity contribution is 5.40. The van der Waals surface area contributed by atoms with Crippen molar-refractivity contribution in [1.29, 1.82) is 0 Å². The van der Waals surface area contributed by atoms with Crippen LogP contribution in [0.25, 0.3) is 0 Å². The van der Waals surface area contributed by atoms with E-state index in [0.29, 0.717) is 5.56 Å². The Morgan fingerprint density at radius 1 is 1.25 bits per heavy atom. The zero-order chi connectivity index (χ0) is 12.6. The van der Waals surface area contributed by atoms with Gasteiger partial charge < -0.3 is 10.2 Å². The summed E-state index contributed by atoms with van der Waals surface area (Å²) in [5.74, 6) is -0.549. The van der Waals surface area contributed by atoms with Gasteiger partial charge in [-0.2, -0.15) is 13.2 Å². The van der Waals surface area contributed by atoms with Gasteiger partial charge in [0.1, 0.15) is 5.75 Å². The number of phenols is 1. The Morgan fingerprint density at radius 2 is 1.81 bits per heavy atom. The van der Waals surface area contributed by atoms with Crippen molar-refractivity contribution < 1.29 is 23.4 Å². The van der Waals surface area contributed by atoms with E-state index >= 15 is 0 Å². The van der Waals surface area contributed by atoms with Gasteiger partial charge in [0, 0.05) is 5.56 Å². The predicted molar refractivity (Wildman–Crippen MR) is 53.1 cm³/mol. The van der Waals surface area contributed by atoms with Crippen molar-refractivity contribution >= 4 is 0 Å². The lowest BCUT2D eigenvalue weighted by Crippen LogP contribution is -2.41. The number of halogens is 3. The molecule has 2 nitrogen and oxygen atoms in total. The Morgan fingerprint density at radius 3 is 2.25 bits per heavy atom. The largest absolute Gasteiger partial charge is 0.508 e. The molecule has 0 heterocycles. The first kappa shape index (κ1) is 12.8. The number of aliphatic hydroxyl groups is 1. The predicted octanol–water partition coefficient (Wildman–Crippen LogP) is 2.86. The lowest BCUT2D eigenvalue weighted by molar-refractivity contribution is -0.268. The van der Waals surface area contributed by atoms with Gasteiger partial charge in [0.25, 0.3) is 0 Å². The zero-order valence-electron chi connectivity index (χ0n) is 8.97. The fourth-order valence-electron chi connectivity index (χ4n) is 1.52. The minimum absolute atomic E-state index is 0.498. The van der Waals surface area contributed by atoms with Gasteiger partial charge in [0.05, 0.1) is 0 Å². The molecule has 0 amide bonds. The van der Waals surface area contributed by atoms with Crippen molar-refractivity contribution in [1.82, 2.24) is 0 Å². The molecule has 0 aliphatic rings. The summed E-state index contributed by atoms with van der Waals surface area (Å²) in [7, 11) is 0. The molecule has 0 saturated carbocycles. The third kappa shape index (κ3) is 2.00. The van der Waals surface area contributed by atoms with Crippen LogP contribution >= 0.6 is 0 Å². The summed E-state index contributed by atoms with van der Waals surface area (Å²) in [4.78, 5) is 0. The molecule has 0 aliphatic heterocycles. The van der Waals surface area contributed by atoms with Crippen LogP contribution in [0.5, 0.6) is 5.75 Å². The fraction of sp³-hybridized carbons (Fsp3) is 0.455. The van der Waals surface area contributed by atoms with Crippen LogP contribution in [0.15, 0.2) is 18.2 Å². The Balaban J connectivity index is 3.39. The van der Waals surface area contributed by atoms with Crippen molar-refractivity contribution in [2.24, 2.45) is 0 Å². The molecule has 90 valence electrons. The van der Waals surface area contributed by atoms with Crippen molar-refractivity contribution in [2.75, 3.05) is 0 Å². The first-order valence-electron chi connectivity index (χ1n) is 4.81. The molecule has 0 fully saturated rings. The topological polar surface area (TPSA) is 40.5 Å². The Bertz CT molecular complexity index is 387. The van der Waals surface area contributed by atoms with E-state index in [-0.39, 0.29) is 0 Å². The van der Waals surface area contributed by atoms with Crippen LogP contribution in [-0.2, 0) is 5.60 Å². The maximum absolute atomic E-state index is 12.7. The monoisotopic (exact) mass is 234 g/mol.